The monoisotopic (exact) mass is 255 g/mol. The van der Waals surface area contributed by atoms with Gasteiger partial charge < -0.3 is 0 Å². The first-order valence-corrected chi connectivity index (χ1v) is 6.74. The summed E-state index contributed by atoms with van der Waals surface area (Å²) >= 11 is 0. The number of alkyl halides is 2. The molecule has 3 heteroatoms. The average molecular weight is 255 g/mol. The highest BCUT2D eigenvalue weighted by atomic mass is 19.3. The van der Waals surface area contributed by atoms with Crippen LogP contribution in [0, 0.1) is 5.92 Å². The molecule has 18 heavy (non-hydrogen) atoms. The third-order valence-electron chi connectivity index (χ3n) is 4.24. The van der Waals surface area contributed by atoms with Crippen LogP contribution >= 0.6 is 0 Å². The van der Waals surface area contributed by atoms with Crippen LogP contribution in [0.3, 0.4) is 0 Å². The predicted molar refractivity (Wildman–Crippen MR) is 71.0 cm³/mol. The van der Waals surface area contributed by atoms with Gasteiger partial charge in [-0.2, -0.15) is 0 Å². The summed E-state index contributed by atoms with van der Waals surface area (Å²) in [6.07, 6.45) is 3.81. The van der Waals surface area contributed by atoms with E-state index in [1.54, 1.807) is 25.4 Å². The molecular formula is C15H23F2N. The summed E-state index contributed by atoms with van der Waals surface area (Å²) in [4.78, 5) is 4.00. The molecule has 1 nitrogen and oxygen atoms in total. The zero-order chi connectivity index (χ0) is 14.0. The van der Waals surface area contributed by atoms with E-state index in [0.29, 0.717) is 0 Å². The Morgan fingerprint density at radius 1 is 1.39 bits per heavy atom. The lowest BCUT2D eigenvalue weighted by Gasteiger charge is -2.37. The Kier molecular flexibility index (Phi) is 4.46. The number of hydrogen-bond donors (Lipinski definition) is 0. The van der Waals surface area contributed by atoms with Gasteiger partial charge in [0.05, 0.1) is 5.41 Å². The molecule has 0 aliphatic heterocycles. The fraction of sp³-hybridized carbons (Fsp3) is 0.667. The van der Waals surface area contributed by atoms with E-state index in [1.807, 2.05) is 27.7 Å². The van der Waals surface area contributed by atoms with E-state index in [9.17, 15) is 8.78 Å². The van der Waals surface area contributed by atoms with Crippen LogP contribution in [0.2, 0.25) is 0 Å². The van der Waals surface area contributed by atoms with Crippen molar-refractivity contribution in [3.63, 3.8) is 0 Å². The van der Waals surface area contributed by atoms with Crippen LogP contribution in [-0.2, 0) is 11.8 Å². The number of hydrogen-bond acceptors (Lipinski definition) is 1. The summed E-state index contributed by atoms with van der Waals surface area (Å²) in [5.74, 6) is -2.71. The second-order valence-electron chi connectivity index (χ2n) is 4.93. The number of fused-ring (bicyclic) bond motifs is 1. The third-order valence-corrected chi connectivity index (χ3v) is 4.24. The highest BCUT2D eigenvalue weighted by Crippen LogP contribution is 2.53. The Morgan fingerprint density at radius 2 is 2.00 bits per heavy atom. The van der Waals surface area contributed by atoms with Gasteiger partial charge in [0.25, 0.3) is 5.92 Å². The van der Waals surface area contributed by atoms with E-state index < -0.39 is 11.3 Å². The van der Waals surface area contributed by atoms with Gasteiger partial charge in [-0.25, -0.2) is 8.78 Å². The number of halogens is 2. The molecule has 1 aliphatic carbocycles. The Balaban J connectivity index is 0.000000771. The molecule has 0 saturated carbocycles. The topological polar surface area (TPSA) is 12.9 Å². The van der Waals surface area contributed by atoms with E-state index in [4.69, 9.17) is 0 Å². The van der Waals surface area contributed by atoms with Crippen LogP contribution < -0.4 is 0 Å². The molecule has 2 atom stereocenters. The molecule has 1 aromatic rings. The van der Waals surface area contributed by atoms with E-state index in [0.717, 1.165) is 17.5 Å². The van der Waals surface area contributed by atoms with Gasteiger partial charge in [-0.3, -0.25) is 4.98 Å². The van der Waals surface area contributed by atoms with Gasteiger partial charge in [-0.1, -0.05) is 34.1 Å². The number of nitrogens with zero attached hydrogens (tertiary/aromatic N) is 1. The first-order chi connectivity index (χ1) is 8.43. The molecule has 0 amide bonds. The molecular weight excluding hydrogens is 232 g/mol. The lowest BCUT2D eigenvalue weighted by Crippen LogP contribution is -2.44. The Hall–Kier alpha value is -0.990. The lowest BCUT2D eigenvalue weighted by molar-refractivity contribution is -0.0803. The zero-order valence-electron chi connectivity index (χ0n) is 11.9. The second kappa shape index (κ2) is 5.33. The summed E-state index contributed by atoms with van der Waals surface area (Å²) in [7, 11) is 0. The second-order valence-corrected chi connectivity index (χ2v) is 4.93. The Morgan fingerprint density at radius 3 is 2.56 bits per heavy atom. The standard InChI is InChI=1S/C13H17F2N.C2H6/c1-4-9(2)12(3)11-8-16-6-5-10(11)7-13(12,14)15;1-2/h5-6,8-9H,4,7H2,1-3H3;1-2H3. The summed E-state index contributed by atoms with van der Waals surface area (Å²) in [5.41, 5.74) is 0.419. The van der Waals surface area contributed by atoms with Crippen LogP contribution in [0.1, 0.15) is 52.2 Å². The van der Waals surface area contributed by atoms with Gasteiger partial charge in [-0.15, -0.1) is 0 Å². The molecule has 0 aromatic carbocycles. The molecule has 0 N–H and O–H groups in total. The fourth-order valence-corrected chi connectivity index (χ4v) is 2.70. The van der Waals surface area contributed by atoms with E-state index >= 15 is 0 Å². The summed E-state index contributed by atoms with van der Waals surface area (Å²) in [6.45, 7) is 9.53. The van der Waals surface area contributed by atoms with Crippen molar-refractivity contribution in [2.45, 2.75) is 58.8 Å². The number of aromatic nitrogens is 1. The molecule has 1 heterocycles. The molecule has 102 valence electrons. The highest BCUT2D eigenvalue weighted by molar-refractivity contribution is 5.41. The van der Waals surface area contributed by atoms with E-state index in [1.165, 1.54) is 0 Å². The molecule has 2 rings (SSSR count). The maximum Gasteiger partial charge on any atom is 0.261 e. The summed E-state index contributed by atoms with van der Waals surface area (Å²) in [6, 6.07) is 1.72. The molecule has 0 fully saturated rings. The Bertz CT molecular complexity index is 403. The summed E-state index contributed by atoms with van der Waals surface area (Å²) in [5, 5.41) is 0. The quantitative estimate of drug-likeness (QED) is 0.752. The van der Waals surface area contributed by atoms with Crippen molar-refractivity contribution in [2.75, 3.05) is 0 Å². The average Bonchev–Trinajstić information content (AvgIpc) is 2.59. The van der Waals surface area contributed by atoms with Gasteiger partial charge in [0.1, 0.15) is 0 Å². The first kappa shape index (κ1) is 15.1. The van der Waals surface area contributed by atoms with Crippen molar-refractivity contribution in [1.29, 1.82) is 0 Å². The molecule has 2 unspecified atom stereocenters. The zero-order valence-corrected chi connectivity index (χ0v) is 11.9. The molecule has 0 saturated heterocycles. The van der Waals surface area contributed by atoms with Crippen molar-refractivity contribution in [2.24, 2.45) is 5.92 Å². The minimum Gasteiger partial charge on any atom is -0.264 e. The maximum atomic E-state index is 14.2. The first-order valence-electron chi connectivity index (χ1n) is 6.74. The molecule has 0 radical (unpaired) electrons. The Labute approximate surface area is 109 Å². The number of pyridine rings is 1. The normalized spacial score (nSPS) is 25.9. The smallest absolute Gasteiger partial charge is 0.261 e. The van der Waals surface area contributed by atoms with Crippen molar-refractivity contribution < 1.29 is 8.78 Å². The van der Waals surface area contributed by atoms with Gasteiger partial charge >= 0.3 is 0 Å². The third kappa shape index (κ3) is 2.04. The van der Waals surface area contributed by atoms with Crippen molar-refractivity contribution >= 4 is 0 Å². The van der Waals surface area contributed by atoms with Crippen LogP contribution in [-0.4, -0.2) is 10.9 Å². The molecule has 1 aliphatic rings. The van der Waals surface area contributed by atoms with E-state index in [-0.39, 0.29) is 12.3 Å². The van der Waals surface area contributed by atoms with Gasteiger partial charge in [0.2, 0.25) is 0 Å². The van der Waals surface area contributed by atoms with Gasteiger partial charge in [0.15, 0.2) is 0 Å². The summed E-state index contributed by atoms with van der Waals surface area (Å²) < 4.78 is 28.4. The van der Waals surface area contributed by atoms with Crippen LogP contribution in [0.5, 0.6) is 0 Å². The van der Waals surface area contributed by atoms with Crippen LogP contribution in [0.15, 0.2) is 18.5 Å². The van der Waals surface area contributed by atoms with Crippen molar-refractivity contribution in [3.05, 3.63) is 29.6 Å². The van der Waals surface area contributed by atoms with Gasteiger partial charge in [-0.05, 0) is 30.0 Å². The lowest BCUT2D eigenvalue weighted by atomic mass is 9.71. The highest BCUT2D eigenvalue weighted by Gasteiger charge is 2.59. The molecule has 0 spiro atoms. The number of rotatable bonds is 2. The predicted octanol–water partition coefficient (Wildman–Crippen LogP) is 4.60. The van der Waals surface area contributed by atoms with Gasteiger partial charge in [0, 0.05) is 18.8 Å². The maximum absolute atomic E-state index is 14.2. The fourth-order valence-electron chi connectivity index (χ4n) is 2.70. The van der Waals surface area contributed by atoms with Crippen LogP contribution in [0.25, 0.3) is 0 Å². The minimum atomic E-state index is -2.66. The largest absolute Gasteiger partial charge is 0.264 e. The minimum absolute atomic E-state index is 0.0482. The van der Waals surface area contributed by atoms with Crippen molar-refractivity contribution in [1.82, 2.24) is 4.98 Å². The SMILES string of the molecule is CC.CCC(C)C1(C)c2cnccc2CC1(F)F. The van der Waals surface area contributed by atoms with E-state index in [2.05, 4.69) is 4.98 Å². The van der Waals surface area contributed by atoms with Crippen LogP contribution in [0.4, 0.5) is 8.78 Å². The molecule has 0 bridgehead atoms. The molecule has 1 aromatic heterocycles. The van der Waals surface area contributed by atoms with Crippen molar-refractivity contribution in [3.8, 4) is 0 Å².